The Bertz CT molecular complexity index is 1940. The molecule has 0 saturated carbocycles. The first kappa shape index (κ1) is 31.7. The van der Waals surface area contributed by atoms with Gasteiger partial charge in [0.25, 0.3) is 5.91 Å². The summed E-state index contributed by atoms with van der Waals surface area (Å²) in [6, 6.07) is 15.8. The first-order valence-corrected chi connectivity index (χ1v) is 15.9. The van der Waals surface area contributed by atoms with Gasteiger partial charge in [-0.2, -0.15) is 14.0 Å². The van der Waals surface area contributed by atoms with Gasteiger partial charge in [0.1, 0.15) is 17.2 Å². The number of benzene rings is 3. The highest BCUT2D eigenvalue weighted by Gasteiger charge is 2.29. The van der Waals surface area contributed by atoms with Gasteiger partial charge in [0.05, 0.1) is 4.90 Å². The topological polar surface area (TPSA) is 176 Å². The number of sulfonamides is 1. The van der Waals surface area contributed by atoms with E-state index in [2.05, 4.69) is 25.6 Å². The Labute approximate surface area is 267 Å². The Hall–Kier alpha value is -5.26. The lowest BCUT2D eigenvalue weighted by Crippen LogP contribution is -2.49. The minimum absolute atomic E-state index is 0.0747. The number of halogens is 2. The lowest BCUT2D eigenvalue weighted by atomic mass is 10.1. The van der Waals surface area contributed by atoms with Crippen LogP contribution in [-0.2, 0) is 21.4 Å². The maximum atomic E-state index is 14.1. The van der Waals surface area contributed by atoms with E-state index in [1.807, 2.05) is 18.2 Å². The zero-order valence-electron chi connectivity index (χ0n) is 24.8. The molecular weight excluding hydrogens is 636 g/mol. The molecule has 47 heavy (non-hydrogen) atoms. The number of aromatic nitrogens is 3. The first-order valence-electron chi connectivity index (χ1n) is 14.5. The Kier molecular flexibility index (Phi) is 8.67. The largest absolute Gasteiger partial charge is 0.368 e. The van der Waals surface area contributed by atoms with Crippen LogP contribution in [0.15, 0.2) is 71.6 Å². The van der Waals surface area contributed by atoms with Crippen molar-refractivity contribution < 1.29 is 31.6 Å². The Morgan fingerprint density at radius 2 is 1.62 bits per heavy atom. The Morgan fingerprint density at radius 1 is 0.936 bits per heavy atom. The standard InChI is InChI=1S/C30H29F2N9O5S/c31-23-5-2-6-24(32)26(23)27(43)41-28(33)36-29(37-41)34-20-7-9-22(10-8-20)47(45,46)39-15-13-38(14-16-39)18-19-3-1-4-21(17-19)40-12-11-25(42)35-30(40)44/h1-10,17H,11-16,18H2,(H,35,42,44)(H3,33,34,36,37). The monoisotopic (exact) mass is 665 g/mol. The van der Waals surface area contributed by atoms with Crippen LogP contribution in [0, 0.1) is 11.6 Å². The molecule has 17 heteroatoms. The summed E-state index contributed by atoms with van der Waals surface area (Å²) >= 11 is 0. The van der Waals surface area contributed by atoms with Crippen molar-refractivity contribution in [3.8, 4) is 0 Å². The van der Waals surface area contributed by atoms with Gasteiger partial charge in [-0.25, -0.2) is 22.0 Å². The predicted molar refractivity (Wildman–Crippen MR) is 166 cm³/mol. The third-order valence-corrected chi connectivity index (χ3v) is 9.68. The molecule has 14 nitrogen and oxygen atoms in total. The summed E-state index contributed by atoms with van der Waals surface area (Å²) in [5, 5.41) is 9.02. The molecule has 2 aliphatic heterocycles. The van der Waals surface area contributed by atoms with Gasteiger partial charge < -0.3 is 11.1 Å². The summed E-state index contributed by atoms with van der Waals surface area (Å²) in [7, 11) is -3.80. The molecule has 0 atom stereocenters. The fourth-order valence-electron chi connectivity index (χ4n) is 5.34. The maximum Gasteiger partial charge on any atom is 0.328 e. The van der Waals surface area contributed by atoms with E-state index in [-0.39, 0.29) is 36.3 Å². The minimum atomic E-state index is -3.80. The molecule has 0 unspecified atom stereocenters. The van der Waals surface area contributed by atoms with Gasteiger partial charge in [-0.1, -0.05) is 18.2 Å². The minimum Gasteiger partial charge on any atom is -0.368 e. The third-order valence-electron chi connectivity index (χ3n) is 7.76. The number of amides is 3. The number of nitrogens with zero attached hydrogens (tertiary/aromatic N) is 6. The van der Waals surface area contributed by atoms with E-state index >= 15 is 0 Å². The second-order valence-electron chi connectivity index (χ2n) is 10.9. The van der Waals surface area contributed by atoms with Crippen LogP contribution in [0.3, 0.4) is 0 Å². The number of rotatable bonds is 8. The second-order valence-corrected chi connectivity index (χ2v) is 12.8. The molecule has 0 aliphatic carbocycles. The van der Waals surface area contributed by atoms with E-state index in [1.54, 1.807) is 6.07 Å². The van der Waals surface area contributed by atoms with Gasteiger partial charge in [-0.3, -0.25) is 24.7 Å². The zero-order valence-corrected chi connectivity index (χ0v) is 25.6. The highest BCUT2D eigenvalue weighted by atomic mass is 32.2. The molecule has 2 saturated heterocycles. The molecule has 1 aromatic heterocycles. The summed E-state index contributed by atoms with van der Waals surface area (Å²) < 4.78 is 56.9. The molecule has 0 radical (unpaired) electrons. The van der Waals surface area contributed by atoms with Crippen molar-refractivity contribution in [2.24, 2.45) is 0 Å². The van der Waals surface area contributed by atoms with Crippen molar-refractivity contribution >= 4 is 51.1 Å². The van der Waals surface area contributed by atoms with Crippen molar-refractivity contribution in [1.82, 2.24) is 29.3 Å². The number of piperazine rings is 1. The number of imide groups is 1. The molecule has 0 spiro atoms. The van der Waals surface area contributed by atoms with Crippen LogP contribution >= 0.6 is 0 Å². The number of nitrogens with two attached hydrogens (primary N) is 1. The lowest BCUT2D eigenvalue weighted by molar-refractivity contribution is -0.120. The SMILES string of the molecule is Nc1nc(Nc2ccc(S(=O)(=O)N3CCN(Cc4cccc(N5CCC(=O)NC5=O)c4)CC3)cc2)nn1C(=O)c1c(F)cccc1F. The molecule has 6 rings (SSSR count). The van der Waals surface area contributed by atoms with Gasteiger partial charge in [-0.05, 0) is 54.1 Å². The predicted octanol–water partition coefficient (Wildman–Crippen LogP) is 2.52. The quantitative estimate of drug-likeness (QED) is 0.254. The lowest BCUT2D eigenvalue weighted by Gasteiger charge is -2.34. The Morgan fingerprint density at radius 3 is 2.30 bits per heavy atom. The second kappa shape index (κ2) is 12.9. The van der Waals surface area contributed by atoms with E-state index in [0.29, 0.717) is 42.2 Å². The van der Waals surface area contributed by atoms with E-state index in [9.17, 15) is 31.6 Å². The molecule has 0 bridgehead atoms. The molecule has 2 fully saturated rings. The highest BCUT2D eigenvalue weighted by molar-refractivity contribution is 7.89. The molecule has 3 amide bonds. The number of carbonyl (C=O) groups is 3. The van der Waals surface area contributed by atoms with Crippen molar-refractivity contribution in [2.45, 2.75) is 17.9 Å². The molecule has 4 N–H and O–H groups in total. The molecule has 2 aliphatic rings. The first-order chi connectivity index (χ1) is 22.5. The smallest absolute Gasteiger partial charge is 0.328 e. The van der Waals surface area contributed by atoms with Crippen LogP contribution in [0.5, 0.6) is 0 Å². The van der Waals surface area contributed by atoms with Gasteiger partial charge in [0.2, 0.25) is 27.8 Å². The molecular formula is C30H29F2N9O5S. The van der Waals surface area contributed by atoms with E-state index in [1.165, 1.54) is 33.5 Å². The van der Waals surface area contributed by atoms with Crippen LogP contribution in [-0.4, -0.2) is 83.0 Å². The number of nitrogens with one attached hydrogen (secondary N) is 2. The van der Waals surface area contributed by atoms with Gasteiger partial charge in [0.15, 0.2) is 0 Å². The summed E-state index contributed by atoms with van der Waals surface area (Å²) in [5.74, 6) is -4.14. The van der Waals surface area contributed by atoms with Crippen LogP contribution in [0.4, 0.5) is 36.8 Å². The van der Waals surface area contributed by atoms with Crippen LogP contribution in [0.1, 0.15) is 22.3 Å². The number of nitrogen functional groups attached to an aromatic ring is 1. The zero-order chi connectivity index (χ0) is 33.3. The fraction of sp³-hybridized carbons (Fsp3) is 0.233. The van der Waals surface area contributed by atoms with E-state index < -0.39 is 45.1 Å². The Balaban J connectivity index is 1.05. The van der Waals surface area contributed by atoms with Crippen LogP contribution in [0.25, 0.3) is 0 Å². The summed E-state index contributed by atoms with van der Waals surface area (Å²) in [4.78, 5) is 44.0. The van der Waals surface area contributed by atoms with Gasteiger partial charge in [0, 0.05) is 57.1 Å². The number of anilines is 4. The van der Waals surface area contributed by atoms with Gasteiger partial charge in [-0.15, -0.1) is 5.10 Å². The van der Waals surface area contributed by atoms with Crippen molar-refractivity contribution in [1.29, 1.82) is 0 Å². The number of hydrogen-bond acceptors (Lipinski definition) is 10. The average molecular weight is 666 g/mol. The summed E-state index contributed by atoms with van der Waals surface area (Å²) in [6.07, 6.45) is 0.229. The number of hydrogen-bond donors (Lipinski definition) is 3. The number of carbonyl (C=O) groups excluding carboxylic acids is 3. The summed E-state index contributed by atoms with van der Waals surface area (Å²) in [5.41, 5.74) is 6.96. The molecule has 3 heterocycles. The molecule has 244 valence electrons. The van der Waals surface area contributed by atoms with Crippen molar-refractivity contribution in [2.75, 3.05) is 48.7 Å². The van der Waals surface area contributed by atoms with Crippen molar-refractivity contribution in [3.05, 3.63) is 89.5 Å². The third kappa shape index (κ3) is 6.67. The van der Waals surface area contributed by atoms with Crippen LogP contribution in [0.2, 0.25) is 0 Å². The highest BCUT2D eigenvalue weighted by Crippen LogP contribution is 2.24. The normalized spacial score (nSPS) is 16.3. The van der Waals surface area contributed by atoms with E-state index in [4.69, 9.17) is 5.73 Å². The fourth-order valence-corrected chi connectivity index (χ4v) is 6.76. The van der Waals surface area contributed by atoms with E-state index in [0.717, 1.165) is 23.8 Å². The molecule has 4 aromatic rings. The molecule has 3 aromatic carbocycles. The van der Waals surface area contributed by atoms with Crippen LogP contribution < -0.4 is 21.3 Å². The average Bonchev–Trinajstić information content (AvgIpc) is 3.41. The maximum absolute atomic E-state index is 14.1. The summed E-state index contributed by atoms with van der Waals surface area (Å²) in [6.45, 7) is 2.40. The van der Waals surface area contributed by atoms with Crippen molar-refractivity contribution in [3.63, 3.8) is 0 Å². The van der Waals surface area contributed by atoms with Gasteiger partial charge >= 0.3 is 6.03 Å². The number of urea groups is 1.